The molecule has 3 aromatic rings. The monoisotopic (exact) mass is 377 g/mol. The Kier molecular flexibility index (Phi) is 5.84. The fraction of sp³-hybridized carbons (Fsp3) is 0.190. The van der Waals surface area contributed by atoms with Crippen molar-refractivity contribution in [2.75, 3.05) is 7.11 Å². The highest BCUT2D eigenvalue weighted by Crippen LogP contribution is 2.35. The molecule has 27 heavy (non-hydrogen) atoms. The number of ether oxygens (including phenoxy) is 2. The minimum Gasteiger partial charge on any atom is -0.493 e. The molecule has 2 aromatic heterocycles. The SMILES string of the molecule is COc1cccc(/C=C(\C#N)c2nc(-c3ccncc3)cs2)c1OC(C)C. The average molecular weight is 377 g/mol. The molecule has 0 spiro atoms. The van der Waals surface area contributed by atoms with Gasteiger partial charge in [-0.1, -0.05) is 12.1 Å². The van der Waals surface area contributed by atoms with Gasteiger partial charge in [0.2, 0.25) is 0 Å². The molecule has 0 fully saturated rings. The number of hydrogen-bond donors (Lipinski definition) is 0. The van der Waals surface area contributed by atoms with Gasteiger partial charge < -0.3 is 9.47 Å². The van der Waals surface area contributed by atoms with E-state index in [1.807, 2.05) is 49.6 Å². The Bertz CT molecular complexity index is 988. The van der Waals surface area contributed by atoms with Crippen LogP contribution in [-0.2, 0) is 0 Å². The fourth-order valence-electron chi connectivity index (χ4n) is 2.52. The maximum Gasteiger partial charge on any atom is 0.168 e. The third-order valence-electron chi connectivity index (χ3n) is 3.71. The van der Waals surface area contributed by atoms with Gasteiger partial charge in [0, 0.05) is 28.9 Å². The standard InChI is InChI=1S/C21H19N3O2S/c1-14(2)26-20-16(5-4-6-19(20)25-3)11-17(12-22)21-24-18(13-27-21)15-7-9-23-10-8-15/h4-11,13-14H,1-3H3/b17-11+. The molecule has 0 saturated carbocycles. The molecule has 0 saturated heterocycles. The molecule has 0 aliphatic carbocycles. The van der Waals surface area contributed by atoms with E-state index in [0.29, 0.717) is 22.1 Å². The molecule has 0 aliphatic rings. The fourth-order valence-corrected chi connectivity index (χ4v) is 3.31. The van der Waals surface area contributed by atoms with Crippen molar-refractivity contribution in [1.82, 2.24) is 9.97 Å². The Morgan fingerprint density at radius 2 is 2.00 bits per heavy atom. The van der Waals surface area contributed by atoms with Crippen LogP contribution in [0.4, 0.5) is 0 Å². The first-order valence-electron chi connectivity index (χ1n) is 8.44. The topological polar surface area (TPSA) is 68.0 Å². The van der Waals surface area contributed by atoms with Crippen LogP contribution in [-0.4, -0.2) is 23.2 Å². The second kappa shape index (κ2) is 8.47. The van der Waals surface area contributed by atoms with Crippen molar-refractivity contribution in [3.05, 3.63) is 58.7 Å². The molecular formula is C21H19N3O2S. The second-order valence-corrected chi connectivity index (χ2v) is 6.85. The normalized spacial score (nSPS) is 11.3. The van der Waals surface area contributed by atoms with Gasteiger partial charge in [0.15, 0.2) is 11.5 Å². The molecule has 0 aliphatic heterocycles. The summed E-state index contributed by atoms with van der Waals surface area (Å²) in [6, 6.07) is 11.6. The second-order valence-electron chi connectivity index (χ2n) is 5.99. The summed E-state index contributed by atoms with van der Waals surface area (Å²) >= 11 is 1.43. The van der Waals surface area contributed by atoms with Crippen LogP contribution in [0, 0.1) is 11.3 Å². The van der Waals surface area contributed by atoms with E-state index in [0.717, 1.165) is 16.8 Å². The van der Waals surface area contributed by atoms with E-state index >= 15 is 0 Å². The number of hydrogen-bond acceptors (Lipinski definition) is 6. The third kappa shape index (κ3) is 4.33. The summed E-state index contributed by atoms with van der Waals surface area (Å²) in [4.78, 5) is 8.63. The van der Waals surface area contributed by atoms with Crippen molar-refractivity contribution < 1.29 is 9.47 Å². The first-order chi connectivity index (χ1) is 13.1. The molecule has 0 atom stereocenters. The maximum atomic E-state index is 9.69. The number of nitrogens with zero attached hydrogens (tertiary/aromatic N) is 3. The summed E-state index contributed by atoms with van der Waals surface area (Å²) in [6.07, 6.45) is 5.22. The Morgan fingerprint density at radius 1 is 1.22 bits per heavy atom. The van der Waals surface area contributed by atoms with E-state index in [1.54, 1.807) is 25.6 Å². The Labute approximate surface area is 162 Å². The van der Waals surface area contributed by atoms with Crippen LogP contribution in [0.5, 0.6) is 11.5 Å². The van der Waals surface area contributed by atoms with Gasteiger partial charge in [0.05, 0.1) is 24.5 Å². The van der Waals surface area contributed by atoms with Crippen molar-refractivity contribution >= 4 is 23.0 Å². The van der Waals surface area contributed by atoms with Gasteiger partial charge in [0.25, 0.3) is 0 Å². The van der Waals surface area contributed by atoms with E-state index in [-0.39, 0.29) is 6.10 Å². The summed E-state index contributed by atoms with van der Waals surface area (Å²) < 4.78 is 11.3. The lowest BCUT2D eigenvalue weighted by atomic mass is 10.1. The molecular weight excluding hydrogens is 358 g/mol. The number of thiazole rings is 1. The third-order valence-corrected chi connectivity index (χ3v) is 4.59. The minimum atomic E-state index is -0.0165. The number of rotatable bonds is 6. The quantitative estimate of drug-likeness (QED) is 0.561. The zero-order chi connectivity index (χ0) is 19.2. The highest BCUT2D eigenvalue weighted by molar-refractivity contribution is 7.11. The van der Waals surface area contributed by atoms with Gasteiger partial charge in [0.1, 0.15) is 11.1 Å². The minimum absolute atomic E-state index is 0.0165. The number of para-hydroxylation sites is 1. The highest BCUT2D eigenvalue weighted by atomic mass is 32.1. The molecule has 1 aromatic carbocycles. The van der Waals surface area contributed by atoms with Crippen molar-refractivity contribution in [1.29, 1.82) is 5.26 Å². The largest absolute Gasteiger partial charge is 0.493 e. The lowest BCUT2D eigenvalue weighted by molar-refractivity contribution is 0.229. The zero-order valence-corrected chi connectivity index (χ0v) is 16.2. The smallest absolute Gasteiger partial charge is 0.168 e. The van der Waals surface area contributed by atoms with Crippen LogP contribution in [0.15, 0.2) is 48.1 Å². The molecule has 0 amide bonds. The molecule has 3 rings (SSSR count). The number of nitriles is 1. The van der Waals surface area contributed by atoms with Crippen LogP contribution in [0.1, 0.15) is 24.4 Å². The van der Waals surface area contributed by atoms with Crippen LogP contribution >= 0.6 is 11.3 Å². The number of allylic oxidation sites excluding steroid dienone is 1. The summed E-state index contributed by atoms with van der Waals surface area (Å²) in [5, 5.41) is 12.3. The van der Waals surface area contributed by atoms with Crippen molar-refractivity contribution in [2.45, 2.75) is 20.0 Å². The van der Waals surface area contributed by atoms with E-state index < -0.39 is 0 Å². The van der Waals surface area contributed by atoms with Gasteiger partial charge in [-0.2, -0.15) is 5.26 Å². The predicted octanol–water partition coefficient (Wildman–Crippen LogP) is 5.07. The zero-order valence-electron chi connectivity index (χ0n) is 15.3. The number of benzene rings is 1. The number of pyridine rings is 1. The predicted molar refractivity (Wildman–Crippen MR) is 108 cm³/mol. The Balaban J connectivity index is 2.01. The molecule has 0 N–H and O–H groups in total. The van der Waals surface area contributed by atoms with Crippen LogP contribution < -0.4 is 9.47 Å². The maximum absolute atomic E-state index is 9.69. The highest BCUT2D eigenvalue weighted by Gasteiger charge is 2.14. The molecule has 0 radical (unpaired) electrons. The van der Waals surface area contributed by atoms with Gasteiger partial charge in [-0.15, -0.1) is 11.3 Å². The van der Waals surface area contributed by atoms with Crippen LogP contribution in [0.3, 0.4) is 0 Å². The summed E-state index contributed by atoms with van der Waals surface area (Å²) in [5.74, 6) is 1.25. The van der Waals surface area contributed by atoms with E-state index in [1.165, 1.54) is 11.3 Å². The Morgan fingerprint density at radius 3 is 2.67 bits per heavy atom. The van der Waals surface area contributed by atoms with Gasteiger partial charge in [-0.25, -0.2) is 4.98 Å². The summed E-state index contributed by atoms with van der Waals surface area (Å²) in [5.41, 5.74) is 3.04. The van der Waals surface area contributed by atoms with Crippen molar-refractivity contribution in [3.63, 3.8) is 0 Å². The molecule has 6 heteroatoms. The van der Waals surface area contributed by atoms with Gasteiger partial charge in [-0.05, 0) is 38.1 Å². The van der Waals surface area contributed by atoms with E-state index in [2.05, 4.69) is 16.0 Å². The van der Waals surface area contributed by atoms with Gasteiger partial charge in [-0.3, -0.25) is 4.98 Å². The lowest BCUT2D eigenvalue weighted by Crippen LogP contribution is -2.08. The Hall–Kier alpha value is -3.17. The van der Waals surface area contributed by atoms with Crippen molar-refractivity contribution in [3.8, 4) is 28.8 Å². The number of aromatic nitrogens is 2. The van der Waals surface area contributed by atoms with E-state index in [4.69, 9.17) is 9.47 Å². The van der Waals surface area contributed by atoms with Crippen molar-refractivity contribution in [2.24, 2.45) is 0 Å². The van der Waals surface area contributed by atoms with Gasteiger partial charge >= 0.3 is 0 Å². The molecule has 2 heterocycles. The molecule has 136 valence electrons. The van der Waals surface area contributed by atoms with Crippen LogP contribution in [0.25, 0.3) is 22.9 Å². The van der Waals surface area contributed by atoms with E-state index in [9.17, 15) is 5.26 Å². The first-order valence-corrected chi connectivity index (χ1v) is 9.32. The summed E-state index contributed by atoms with van der Waals surface area (Å²) in [7, 11) is 1.60. The van der Waals surface area contributed by atoms with Crippen LogP contribution in [0.2, 0.25) is 0 Å². The lowest BCUT2D eigenvalue weighted by Gasteiger charge is -2.16. The molecule has 5 nitrogen and oxygen atoms in total. The molecule has 0 bridgehead atoms. The number of methoxy groups -OCH3 is 1. The first kappa shape index (κ1) is 18.6. The summed E-state index contributed by atoms with van der Waals surface area (Å²) in [6.45, 7) is 3.90. The molecule has 0 unspecified atom stereocenters. The average Bonchev–Trinajstić information content (AvgIpc) is 3.17.